The van der Waals surface area contributed by atoms with Gasteiger partial charge in [-0.2, -0.15) is 0 Å². The molecule has 1 fully saturated rings. The highest BCUT2D eigenvalue weighted by Crippen LogP contribution is 2.54. The van der Waals surface area contributed by atoms with Crippen LogP contribution in [0.25, 0.3) is 11.0 Å². The third kappa shape index (κ3) is 2.04. The highest BCUT2D eigenvalue weighted by atomic mass is 35.5. The molecule has 1 aromatic heterocycles. The van der Waals surface area contributed by atoms with Gasteiger partial charge in [-0.25, -0.2) is 0 Å². The van der Waals surface area contributed by atoms with Gasteiger partial charge in [0.25, 0.3) is 0 Å². The molecule has 1 aliphatic rings. The second-order valence-corrected chi connectivity index (χ2v) is 5.91. The fourth-order valence-corrected chi connectivity index (χ4v) is 2.74. The van der Waals surface area contributed by atoms with Crippen LogP contribution in [0, 0.1) is 5.41 Å². The topological polar surface area (TPSA) is 25.2 Å². The summed E-state index contributed by atoms with van der Waals surface area (Å²) in [4.78, 5) is 0. The van der Waals surface area contributed by atoms with Crippen molar-refractivity contribution in [3.05, 3.63) is 35.0 Å². The maximum absolute atomic E-state index is 6.01. The first-order valence-electron chi connectivity index (χ1n) is 6.55. The van der Waals surface area contributed by atoms with Crippen LogP contribution in [0.15, 0.2) is 28.7 Å². The van der Waals surface area contributed by atoms with Gasteiger partial charge in [-0.05, 0) is 49.1 Å². The first-order valence-corrected chi connectivity index (χ1v) is 6.92. The Balaban J connectivity index is 2.01. The Morgan fingerprint density at radius 1 is 1.39 bits per heavy atom. The zero-order valence-electron chi connectivity index (χ0n) is 10.8. The summed E-state index contributed by atoms with van der Waals surface area (Å²) in [6.07, 6.45) is 2.53. The molecule has 1 saturated carbocycles. The van der Waals surface area contributed by atoms with Crippen LogP contribution in [0.2, 0.25) is 5.02 Å². The zero-order chi connectivity index (χ0) is 12.8. The summed E-state index contributed by atoms with van der Waals surface area (Å²) in [6.45, 7) is 5.41. The van der Waals surface area contributed by atoms with E-state index in [-0.39, 0.29) is 0 Å². The van der Waals surface area contributed by atoms with Crippen molar-refractivity contribution < 1.29 is 4.42 Å². The van der Waals surface area contributed by atoms with Gasteiger partial charge in [0.1, 0.15) is 11.3 Å². The minimum atomic E-state index is 0.314. The van der Waals surface area contributed by atoms with Gasteiger partial charge in [0.15, 0.2) is 0 Å². The molecule has 3 heteroatoms. The molecular weight excluding hydrogens is 246 g/mol. The summed E-state index contributed by atoms with van der Waals surface area (Å²) in [5, 5.41) is 5.39. The number of nitrogens with one attached hydrogen (secondary N) is 1. The Hall–Kier alpha value is -0.990. The number of rotatable bonds is 4. The van der Waals surface area contributed by atoms with E-state index in [2.05, 4.69) is 25.2 Å². The maximum atomic E-state index is 6.01. The number of hydrogen-bond acceptors (Lipinski definition) is 2. The van der Waals surface area contributed by atoms with Gasteiger partial charge in [0.2, 0.25) is 0 Å². The predicted octanol–water partition coefficient (Wildman–Crippen LogP) is 4.54. The lowest BCUT2D eigenvalue weighted by Gasteiger charge is -2.22. The molecule has 2 aromatic rings. The van der Waals surface area contributed by atoms with Crippen molar-refractivity contribution in [2.75, 3.05) is 6.54 Å². The van der Waals surface area contributed by atoms with Gasteiger partial charge in [-0.3, -0.25) is 0 Å². The lowest BCUT2D eigenvalue weighted by Crippen LogP contribution is -2.27. The molecule has 2 nitrogen and oxygen atoms in total. The quantitative estimate of drug-likeness (QED) is 0.876. The van der Waals surface area contributed by atoms with Crippen molar-refractivity contribution in [2.45, 2.75) is 32.7 Å². The minimum absolute atomic E-state index is 0.314. The average Bonchev–Trinajstić information content (AvgIpc) is 2.94. The summed E-state index contributed by atoms with van der Waals surface area (Å²) in [5.74, 6) is 1.04. The van der Waals surface area contributed by atoms with Crippen LogP contribution in [0.1, 0.15) is 38.5 Å². The van der Waals surface area contributed by atoms with Gasteiger partial charge in [0.05, 0.1) is 6.04 Å². The Bertz CT molecular complexity index is 571. The zero-order valence-corrected chi connectivity index (χ0v) is 11.6. The van der Waals surface area contributed by atoms with Crippen LogP contribution in [0.5, 0.6) is 0 Å². The van der Waals surface area contributed by atoms with E-state index in [1.165, 1.54) is 12.8 Å². The smallest absolute Gasteiger partial charge is 0.134 e. The normalized spacial score (nSPS) is 19.1. The van der Waals surface area contributed by atoms with Crippen molar-refractivity contribution in [3.8, 4) is 0 Å². The van der Waals surface area contributed by atoms with Crippen molar-refractivity contribution in [1.82, 2.24) is 5.32 Å². The van der Waals surface area contributed by atoms with Gasteiger partial charge >= 0.3 is 0 Å². The monoisotopic (exact) mass is 263 g/mol. The fourth-order valence-electron chi connectivity index (χ4n) is 2.56. The fraction of sp³-hybridized carbons (Fsp3) is 0.467. The highest BCUT2D eigenvalue weighted by molar-refractivity contribution is 6.31. The van der Waals surface area contributed by atoms with Gasteiger partial charge < -0.3 is 9.73 Å². The van der Waals surface area contributed by atoms with Crippen molar-refractivity contribution in [2.24, 2.45) is 5.41 Å². The molecule has 0 amide bonds. The lowest BCUT2D eigenvalue weighted by atomic mass is 9.96. The predicted molar refractivity (Wildman–Crippen MR) is 75.0 cm³/mol. The summed E-state index contributed by atoms with van der Waals surface area (Å²) in [6, 6.07) is 8.21. The molecule has 1 unspecified atom stereocenters. The minimum Gasteiger partial charge on any atom is -0.459 e. The van der Waals surface area contributed by atoms with Crippen molar-refractivity contribution in [3.63, 3.8) is 0 Å². The maximum Gasteiger partial charge on any atom is 0.134 e. The number of fused-ring (bicyclic) bond motifs is 1. The Kier molecular flexibility index (Phi) is 2.87. The van der Waals surface area contributed by atoms with Crippen LogP contribution in [-0.4, -0.2) is 6.54 Å². The number of furan rings is 1. The van der Waals surface area contributed by atoms with E-state index < -0.39 is 0 Å². The molecule has 0 aliphatic heterocycles. The summed E-state index contributed by atoms with van der Waals surface area (Å²) >= 11 is 6.01. The average molecular weight is 264 g/mol. The number of halogens is 1. The van der Waals surface area contributed by atoms with E-state index in [0.717, 1.165) is 28.3 Å². The van der Waals surface area contributed by atoms with Gasteiger partial charge in [0, 0.05) is 10.4 Å². The second-order valence-electron chi connectivity index (χ2n) is 5.48. The lowest BCUT2D eigenvalue weighted by molar-refractivity contribution is 0.321. The first-order chi connectivity index (χ1) is 8.62. The van der Waals surface area contributed by atoms with Gasteiger partial charge in [-0.15, -0.1) is 0 Å². The molecule has 1 aromatic carbocycles. The van der Waals surface area contributed by atoms with E-state index in [1.54, 1.807) is 0 Å². The van der Waals surface area contributed by atoms with Gasteiger partial charge in [-0.1, -0.05) is 25.4 Å². The third-order valence-corrected chi connectivity index (χ3v) is 4.16. The molecule has 0 spiro atoms. The molecule has 3 rings (SSSR count). The van der Waals surface area contributed by atoms with Crippen LogP contribution in [-0.2, 0) is 0 Å². The Morgan fingerprint density at radius 2 is 2.17 bits per heavy atom. The molecule has 1 heterocycles. The molecule has 1 aliphatic carbocycles. The van der Waals surface area contributed by atoms with Crippen LogP contribution in [0.4, 0.5) is 0 Å². The summed E-state index contributed by atoms with van der Waals surface area (Å²) in [7, 11) is 0. The molecular formula is C15H18ClNO. The molecule has 1 atom stereocenters. The molecule has 0 saturated heterocycles. The van der Waals surface area contributed by atoms with E-state index in [9.17, 15) is 0 Å². The van der Waals surface area contributed by atoms with E-state index >= 15 is 0 Å². The number of hydrogen-bond donors (Lipinski definition) is 1. The largest absolute Gasteiger partial charge is 0.459 e. The Morgan fingerprint density at radius 3 is 2.83 bits per heavy atom. The molecule has 0 radical (unpaired) electrons. The molecule has 1 N–H and O–H groups in total. The van der Waals surface area contributed by atoms with Crippen LogP contribution < -0.4 is 5.32 Å². The first kappa shape index (κ1) is 12.1. The molecule has 0 bridgehead atoms. The van der Waals surface area contributed by atoms with Crippen molar-refractivity contribution in [1.29, 1.82) is 0 Å². The third-order valence-electron chi connectivity index (χ3n) is 3.93. The van der Waals surface area contributed by atoms with Crippen molar-refractivity contribution >= 4 is 22.6 Å². The summed E-state index contributed by atoms with van der Waals surface area (Å²) < 4.78 is 5.98. The molecule has 18 heavy (non-hydrogen) atoms. The van der Waals surface area contributed by atoms with Crippen LogP contribution in [0.3, 0.4) is 0 Å². The van der Waals surface area contributed by atoms with E-state index in [1.807, 2.05) is 18.2 Å². The SMILES string of the molecule is CCNC(c1cc2cc(Cl)ccc2o1)C1(C)CC1. The van der Waals surface area contributed by atoms with E-state index in [0.29, 0.717) is 11.5 Å². The van der Waals surface area contributed by atoms with Crippen LogP contribution >= 0.6 is 11.6 Å². The molecule has 96 valence electrons. The highest BCUT2D eigenvalue weighted by Gasteiger charge is 2.46. The summed E-state index contributed by atoms with van der Waals surface area (Å²) in [5.41, 5.74) is 1.27. The standard InChI is InChI=1S/C15H18ClNO/c1-3-17-14(15(2)6-7-15)13-9-10-8-11(16)4-5-12(10)18-13/h4-5,8-9,14,17H,3,6-7H2,1-2H3. The second kappa shape index (κ2) is 4.29. The number of benzene rings is 1. The Labute approximate surface area is 112 Å². The van der Waals surface area contributed by atoms with E-state index in [4.69, 9.17) is 16.0 Å².